The number of anilines is 1. The van der Waals surface area contributed by atoms with Crippen molar-refractivity contribution in [3.8, 4) is 5.75 Å². The molecule has 0 radical (unpaired) electrons. The lowest BCUT2D eigenvalue weighted by molar-refractivity contribution is 0.0717. The Bertz CT molecular complexity index is 1150. The molecule has 2 aromatic carbocycles. The number of carbonyl (C=O) groups excluding carboxylic acids is 1. The summed E-state index contributed by atoms with van der Waals surface area (Å²) >= 11 is 5.98. The van der Waals surface area contributed by atoms with Crippen molar-refractivity contribution >= 4 is 42.9 Å². The molecule has 0 aromatic heterocycles. The van der Waals surface area contributed by atoms with Gasteiger partial charge in [0.15, 0.2) is 11.6 Å². The normalized spacial score (nSPS) is 20.8. The maximum Gasteiger partial charge on any atom is 0.261 e. The van der Waals surface area contributed by atoms with Gasteiger partial charge in [0, 0.05) is 35.9 Å². The van der Waals surface area contributed by atoms with Crippen molar-refractivity contribution in [1.82, 2.24) is 4.90 Å². The van der Waals surface area contributed by atoms with Crippen molar-refractivity contribution in [1.29, 1.82) is 0 Å². The molecule has 2 bridgehead atoms. The van der Waals surface area contributed by atoms with E-state index >= 15 is 0 Å². The number of nitrogens with zero attached hydrogens (tertiary/aromatic N) is 2. The number of rotatable bonds is 4. The molecule has 2 atom stereocenters. The molecule has 2 unspecified atom stereocenters. The molecular weight excluding hydrogens is 473 g/mol. The maximum atomic E-state index is 13.7. The summed E-state index contributed by atoms with van der Waals surface area (Å²) in [4.78, 5) is 16.5. The molecule has 0 N–H and O–H groups in total. The van der Waals surface area contributed by atoms with Gasteiger partial charge in [-0.25, -0.2) is 17.2 Å². The molecule has 2 aliphatic heterocycles. The Morgan fingerprint density at radius 1 is 1.10 bits per heavy atom. The van der Waals surface area contributed by atoms with E-state index in [1.165, 1.54) is 19.2 Å². The van der Waals surface area contributed by atoms with Crippen LogP contribution in [0.4, 0.5) is 14.5 Å². The summed E-state index contributed by atoms with van der Waals surface area (Å²) in [7, 11) is 3.07. The van der Waals surface area contributed by atoms with Gasteiger partial charge in [-0.2, -0.15) is 0 Å². The predicted octanol–water partition coefficient (Wildman–Crippen LogP) is 4.05. The molecule has 2 fully saturated rings. The molecule has 11 heteroatoms. The highest BCUT2D eigenvalue weighted by Crippen LogP contribution is 2.41. The predicted molar refractivity (Wildman–Crippen MR) is 113 cm³/mol. The van der Waals surface area contributed by atoms with E-state index in [2.05, 4.69) is 0 Å². The highest BCUT2D eigenvalue weighted by atomic mass is 35.7. The number of likely N-dealkylation sites (tertiary alicyclic amines) is 1. The zero-order valence-electron chi connectivity index (χ0n) is 16.3. The molecule has 2 heterocycles. The third-order valence-corrected chi connectivity index (χ3v) is 7.38. The molecule has 2 aliphatic rings. The summed E-state index contributed by atoms with van der Waals surface area (Å²) in [6.07, 6.45) is 1.53. The van der Waals surface area contributed by atoms with Crippen molar-refractivity contribution in [2.75, 3.05) is 25.1 Å². The fourth-order valence-electron chi connectivity index (χ4n) is 4.34. The molecular formula is C20H18Cl2F2N2O4S. The Morgan fingerprint density at radius 2 is 1.71 bits per heavy atom. The van der Waals surface area contributed by atoms with Gasteiger partial charge in [-0.15, -0.1) is 0 Å². The van der Waals surface area contributed by atoms with Crippen LogP contribution in [0.5, 0.6) is 5.75 Å². The van der Waals surface area contributed by atoms with E-state index in [4.69, 9.17) is 27.0 Å². The number of halogens is 4. The molecule has 166 valence electrons. The minimum atomic E-state index is -3.93. The van der Waals surface area contributed by atoms with Crippen LogP contribution in [0.3, 0.4) is 0 Å². The fraction of sp³-hybridized carbons (Fsp3) is 0.350. The number of carbonyl (C=O) groups is 1. The Morgan fingerprint density at radius 3 is 2.29 bits per heavy atom. The third-order valence-electron chi connectivity index (χ3n) is 5.72. The van der Waals surface area contributed by atoms with E-state index in [1.54, 1.807) is 11.0 Å². The monoisotopic (exact) mass is 490 g/mol. The SMILES string of the molecule is COc1ccc(S(=O)(=O)Cl)cc1N1C2CCC1CN(C(=O)c1cc(F)c(F)cc1Cl)C2. The highest BCUT2D eigenvalue weighted by molar-refractivity contribution is 8.13. The molecule has 4 rings (SSSR count). The second-order valence-corrected chi connectivity index (χ2v) is 10.5. The van der Waals surface area contributed by atoms with Crippen molar-refractivity contribution in [3.63, 3.8) is 0 Å². The average Bonchev–Trinajstić information content (AvgIpc) is 2.97. The summed E-state index contributed by atoms with van der Waals surface area (Å²) in [6, 6.07) is 5.75. The van der Waals surface area contributed by atoms with Crippen LogP contribution in [-0.2, 0) is 9.05 Å². The van der Waals surface area contributed by atoms with Gasteiger partial charge >= 0.3 is 0 Å². The van der Waals surface area contributed by atoms with Gasteiger partial charge in [0.1, 0.15) is 5.75 Å². The molecule has 2 saturated heterocycles. The Labute approximate surface area is 187 Å². The summed E-state index contributed by atoms with van der Waals surface area (Å²) in [5.74, 6) is -2.25. The van der Waals surface area contributed by atoms with Crippen LogP contribution in [0.1, 0.15) is 23.2 Å². The number of hydrogen-bond donors (Lipinski definition) is 0. The van der Waals surface area contributed by atoms with Gasteiger partial charge < -0.3 is 14.5 Å². The second kappa shape index (κ2) is 8.11. The first kappa shape index (κ1) is 22.1. The molecule has 0 spiro atoms. The first-order chi connectivity index (χ1) is 14.6. The first-order valence-corrected chi connectivity index (χ1v) is 12.1. The van der Waals surface area contributed by atoms with E-state index in [9.17, 15) is 22.0 Å². The number of ether oxygens (including phenoxy) is 1. The van der Waals surface area contributed by atoms with E-state index in [0.717, 1.165) is 25.0 Å². The number of piperazine rings is 1. The molecule has 2 aromatic rings. The zero-order chi connectivity index (χ0) is 22.5. The second-order valence-electron chi connectivity index (χ2n) is 7.52. The van der Waals surface area contributed by atoms with E-state index < -0.39 is 26.6 Å². The van der Waals surface area contributed by atoms with Gasteiger partial charge in [0.05, 0.1) is 28.3 Å². The largest absolute Gasteiger partial charge is 0.495 e. The molecule has 0 aliphatic carbocycles. The van der Waals surface area contributed by atoms with Crippen LogP contribution in [0.25, 0.3) is 0 Å². The number of fused-ring (bicyclic) bond motifs is 2. The topological polar surface area (TPSA) is 66.9 Å². The lowest BCUT2D eigenvalue weighted by Crippen LogP contribution is -2.55. The van der Waals surface area contributed by atoms with E-state index in [1.807, 2.05) is 4.90 Å². The number of benzene rings is 2. The van der Waals surface area contributed by atoms with Crippen LogP contribution in [0, 0.1) is 11.6 Å². The zero-order valence-corrected chi connectivity index (χ0v) is 18.6. The van der Waals surface area contributed by atoms with Crippen molar-refractivity contribution < 1.29 is 26.7 Å². The maximum absolute atomic E-state index is 13.7. The lowest BCUT2D eigenvalue weighted by Gasteiger charge is -2.43. The van der Waals surface area contributed by atoms with Gasteiger partial charge in [0.2, 0.25) is 0 Å². The molecule has 6 nitrogen and oxygen atoms in total. The van der Waals surface area contributed by atoms with Gasteiger partial charge in [-0.1, -0.05) is 11.6 Å². The van der Waals surface area contributed by atoms with Crippen molar-refractivity contribution in [3.05, 3.63) is 52.6 Å². The lowest BCUT2D eigenvalue weighted by atomic mass is 10.1. The smallest absolute Gasteiger partial charge is 0.261 e. The quantitative estimate of drug-likeness (QED) is 0.477. The first-order valence-electron chi connectivity index (χ1n) is 9.45. The Balaban J connectivity index is 1.64. The third kappa shape index (κ3) is 4.06. The van der Waals surface area contributed by atoms with Crippen LogP contribution in [0.2, 0.25) is 5.02 Å². The van der Waals surface area contributed by atoms with Crippen LogP contribution in [0.15, 0.2) is 35.2 Å². The van der Waals surface area contributed by atoms with Crippen LogP contribution < -0.4 is 9.64 Å². The van der Waals surface area contributed by atoms with Crippen molar-refractivity contribution in [2.45, 2.75) is 29.8 Å². The van der Waals surface area contributed by atoms with Crippen LogP contribution in [-0.4, -0.2) is 51.5 Å². The van der Waals surface area contributed by atoms with Gasteiger partial charge in [-0.3, -0.25) is 4.79 Å². The van der Waals surface area contributed by atoms with Crippen LogP contribution >= 0.6 is 22.3 Å². The summed E-state index contributed by atoms with van der Waals surface area (Å²) < 4.78 is 56.1. The molecule has 31 heavy (non-hydrogen) atoms. The molecule has 0 saturated carbocycles. The summed E-state index contributed by atoms with van der Waals surface area (Å²) in [5.41, 5.74) is 0.482. The number of amides is 1. The Hall–Kier alpha value is -2.10. The van der Waals surface area contributed by atoms with Crippen molar-refractivity contribution in [2.24, 2.45) is 0 Å². The fourth-order valence-corrected chi connectivity index (χ4v) is 5.34. The summed E-state index contributed by atoms with van der Waals surface area (Å²) in [6.45, 7) is 0.622. The average molecular weight is 491 g/mol. The molecule has 1 amide bonds. The summed E-state index contributed by atoms with van der Waals surface area (Å²) in [5, 5.41) is -0.152. The highest BCUT2D eigenvalue weighted by Gasteiger charge is 2.43. The minimum absolute atomic E-state index is 0.0450. The number of methoxy groups -OCH3 is 1. The van der Waals surface area contributed by atoms with E-state index in [0.29, 0.717) is 24.5 Å². The minimum Gasteiger partial charge on any atom is -0.495 e. The number of hydrogen-bond acceptors (Lipinski definition) is 5. The van der Waals surface area contributed by atoms with Gasteiger partial charge in [-0.05, 0) is 43.2 Å². The van der Waals surface area contributed by atoms with E-state index in [-0.39, 0.29) is 27.6 Å². The Kier molecular flexibility index (Phi) is 5.78. The van der Waals surface area contributed by atoms with Gasteiger partial charge in [0.25, 0.3) is 15.0 Å². The standard InChI is InChI=1S/C20H18Cl2F2N2O4S/c1-30-19-5-4-13(31(22,28)29)6-18(19)26-11-2-3-12(26)10-25(9-11)20(27)14-7-16(23)17(24)8-15(14)21/h4-8,11-12H,2-3,9-10H2,1H3.